The second-order valence-electron chi connectivity index (χ2n) is 10.3. The van der Waals surface area contributed by atoms with Gasteiger partial charge < -0.3 is 10.2 Å². The first-order chi connectivity index (χ1) is 12.5. The van der Waals surface area contributed by atoms with Crippen molar-refractivity contribution in [3.05, 3.63) is 0 Å². The number of alkyl halides is 3. The summed E-state index contributed by atoms with van der Waals surface area (Å²) < 4.78 is 39.4. The molecule has 4 rings (SSSR count). The first-order valence-corrected chi connectivity index (χ1v) is 10.4. The second-order valence-corrected chi connectivity index (χ2v) is 10.3. The van der Waals surface area contributed by atoms with Gasteiger partial charge in [0.05, 0.1) is 12.0 Å². The minimum atomic E-state index is -4.75. The van der Waals surface area contributed by atoms with E-state index in [1.807, 2.05) is 0 Å². The van der Waals surface area contributed by atoms with Crippen molar-refractivity contribution in [1.29, 1.82) is 0 Å². The summed E-state index contributed by atoms with van der Waals surface area (Å²) in [5.41, 5.74) is -0.400. The molecule has 0 aromatic rings. The van der Waals surface area contributed by atoms with Crippen LogP contribution in [-0.2, 0) is 4.79 Å². The normalized spacial score (nSPS) is 51.3. The zero-order valence-electron chi connectivity index (χ0n) is 16.1. The van der Waals surface area contributed by atoms with Crippen molar-refractivity contribution >= 4 is 5.78 Å². The molecule has 0 bridgehead atoms. The number of rotatable bonds is 1. The van der Waals surface area contributed by atoms with Crippen molar-refractivity contribution in [2.24, 2.45) is 40.4 Å². The highest BCUT2D eigenvalue weighted by Gasteiger charge is 2.62. The smallest absolute Gasteiger partial charge is 0.393 e. The van der Waals surface area contributed by atoms with Crippen LogP contribution in [0.2, 0.25) is 0 Å². The maximum absolute atomic E-state index is 13.1. The van der Waals surface area contributed by atoms with Crippen molar-refractivity contribution in [2.45, 2.75) is 83.6 Å². The van der Waals surface area contributed by atoms with Gasteiger partial charge in [-0.05, 0) is 79.4 Å². The fraction of sp³-hybridized carbons (Fsp3) is 0.952. The molecule has 0 heterocycles. The van der Waals surface area contributed by atoms with E-state index in [0.29, 0.717) is 11.8 Å². The Labute approximate surface area is 158 Å². The average Bonchev–Trinajstić information content (AvgIpc) is 2.89. The number of carbonyl (C=O) groups excluding carboxylic acids is 1. The summed E-state index contributed by atoms with van der Waals surface area (Å²) in [5, 5.41) is 20.3. The largest absolute Gasteiger partial charge is 0.415 e. The van der Waals surface area contributed by atoms with E-state index in [0.717, 1.165) is 38.5 Å². The number of Topliss-reactive ketones (excluding diaryl/α,β-unsaturated/α-hetero) is 1. The van der Waals surface area contributed by atoms with Crippen LogP contribution in [0.15, 0.2) is 0 Å². The molecule has 4 aliphatic rings. The van der Waals surface area contributed by atoms with Gasteiger partial charge in [0.25, 0.3) is 0 Å². The van der Waals surface area contributed by atoms with E-state index < -0.39 is 24.0 Å². The van der Waals surface area contributed by atoms with Gasteiger partial charge in [0.2, 0.25) is 0 Å². The van der Waals surface area contributed by atoms with Gasteiger partial charge in [0, 0.05) is 6.42 Å². The molecule has 0 spiro atoms. The number of hydrogen-bond acceptors (Lipinski definition) is 3. The van der Waals surface area contributed by atoms with E-state index in [1.54, 1.807) is 0 Å². The molecule has 3 nitrogen and oxygen atoms in total. The minimum Gasteiger partial charge on any atom is -0.393 e. The predicted octanol–water partition coefficient (Wildman–Crippen LogP) is 4.11. The molecule has 4 aliphatic carbocycles. The maximum Gasteiger partial charge on any atom is 0.415 e. The van der Waals surface area contributed by atoms with Crippen molar-refractivity contribution in [2.75, 3.05) is 0 Å². The lowest BCUT2D eigenvalue weighted by molar-refractivity contribution is -0.229. The Bertz CT molecular complexity index is 620. The molecule has 0 aliphatic heterocycles. The first-order valence-electron chi connectivity index (χ1n) is 10.4. The quantitative estimate of drug-likeness (QED) is 0.711. The fourth-order valence-corrected chi connectivity index (χ4v) is 7.66. The zero-order valence-corrected chi connectivity index (χ0v) is 16.1. The Morgan fingerprint density at radius 2 is 1.70 bits per heavy atom. The molecular formula is C21H31F3O3. The highest BCUT2D eigenvalue weighted by Crippen LogP contribution is 2.66. The molecular weight excluding hydrogens is 357 g/mol. The summed E-state index contributed by atoms with van der Waals surface area (Å²) in [5.74, 6) is -0.494. The van der Waals surface area contributed by atoms with E-state index >= 15 is 0 Å². The summed E-state index contributed by atoms with van der Waals surface area (Å²) in [7, 11) is 0. The highest BCUT2D eigenvalue weighted by atomic mass is 19.4. The fourth-order valence-electron chi connectivity index (χ4n) is 7.66. The Hall–Kier alpha value is -0.620. The standard InChI is InChI=1S/C21H31F3O3/c1-19-8-7-15-12(14(19)5-6-17(19)26)4-3-11-9-16(25)13(10-20(11,15)2)18(27)21(22,23)24/h11-15,17-18,26-27H,3-10H2,1-2H3/t11-,12-,13-,14-,15-,17-,18-,19-,20-/m0/s1. The minimum absolute atomic E-state index is 0.0697. The number of halogens is 3. The number of carbonyl (C=O) groups is 1. The van der Waals surface area contributed by atoms with Crippen LogP contribution in [0.3, 0.4) is 0 Å². The van der Waals surface area contributed by atoms with Crippen LogP contribution in [0.5, 0.6) is 0 Å². The van der Waals surface area contributed by atoms with E-state index in [2.05, 4.69) is 13.8 Å². The summed E-state index contributed by atoms with van der Waals surface area (Å²) in [6.07, 6.45) is -1.76. The van der Waals surface area contributed by atoms with Crippen LogP contribution in [-0.4, -0.2) is 34.4 Å². The van der Waals surface area contributed by atoms with Crippen molar-refractivity contribution in [3.63, 3.8) is 0 Å². The van der Waals surface area contributed by atoms with E-state index in [-0.39, 0.29) is 41.6 Å². The molecule has 4 saturated carbocycles. The summed E-state index contributed by atoms with van der Waals surface area (Å²) in [6.45, 7) is 4.26. The second kappa shape index (κ2) is 6.19. The molecule has 0 radical (unpaired) electrons. The summed E-state index contributed by atoms with van der Waals surface area (Å²) >= 11 is 0. The topological polar surface area (TPSA) is 57.5 Å². The molecule has 6 heteroatoms. The van der Waals surface area contributed by atoms with E-state index in [4.69, 9.17) is 0 Å². The third kappa shape index (κ3) is 2.80. The number of fused-ring (bicyclic) bond motifs is 5. The SMILES string of the molecule is C[C@]12C[C@H]([C@H](O)C(F)(F)F)C(=O)C[C@@H]1CC[C@@H]1[C@@H]2CC[C@]2(C)[C@@H](O)CC[C@@H]12. The molecule has 0 aromatic heterocycles. The van der Waals surface area contributed by atoms with Crippen LogP contribution >= 0.6 is 0 Å². The molecule has 2 N–H and O–H groups in total. The Morgan fingerprint density at radius 1 is 1.04 bits per heavy atom. The van der Waals surface area contributed by atoms with Crippen molar-refractivity contribution in [3.8, 4) is 0 Å². The molecule has 0 aromatic carbocycles. The molecule has 0 unspecified atom stereocenters. The van der Waals surface area contributed by atoms with E-state index in [9.17, 15) is 28.2 Å². The van der Waals surface area contributed by atoms with E-state index in [1.165, 1.54) is 0 Å². The number of ketones is 1. The van der Waals surface area contributed by atoms with Gasteiger partial charge in [-0.2, -0.15) is 13.2 Å². The van der Waals surface area contributed by atoms with Gasteiger partial charge >= 0.3 is 6.18 Å². The molecule has 0 amide bonds. The lowest BCUT2D eigenvalue weighted by atomic mass is 9.44. The lowest BCUT2D eigenvalue weighted by Gasteiger charge is -2.61. The van der Waals surface area contributed by atoms with Crippen LogP contribution in [0.25, 0.3) is 0 Å². The van der Waals surface area contributed by atoms with Gasteiger partial charge in [-0.15, -0.1) is 0 Å². The lowest BCUT2D eigenvalue weighted by Crippen LogP contribution is -2.57. The highest BCUT2D eigenvalue weighted by molar-refractivity contribution is 5.83. The van der Waals surface area contributed by atoms with Crippen LogP contribution < -0.4 is 0 Å². The Balaban J connectivity index is 1.62. The van der Waals surface area contributed by atoms with Crippen molar-refractivity contribution < 1.29 is 28.2 Å². The first kappa shape index (κ1) is 19.7. The Kier molecular flexibility index (Phi) is 4.51. The van der Waals surface area contributed by atoms with Crippen LogP contribution in [0.4, 0.5) is 13.2 Å². The molecule has 154 valence electrons. The Morgan fingerprint density at radius 3 is 2.37 bits per heavy atom. The zero-order chi connectivity index (χ0) is 19.8. The number of aliphatic hydroxyl groups excluding tert-OH is 2. The van der Waals surface area contributed by atoms with Crippen LogP contribution in [0, 0.1) is 40.4 Å². The third-order valence-corrected chi connectivity index (χ3v) is 9.25. The summed E-state index contributed by atoms with van der Waals surface area (Å²) in [4.78, 5) is 12.4. The van der Waals surface area contributed by atoms with Crippen molar-refractivity contribution in [1.82, 2.24) is 0 Å². The molecule has 0 saturated heterocycles. The predicted molar refractivity (Wildman–Crippen MR) is 93.7 cm³/mol. The molecule has 9 atom stereocenters. The van der Waals surface area contributed by atoms with Gasteiger partial charge in [-0.25, -0.2) is 0 Å². The van der Waals surface area contributed by atoms with Gasteiger partial charge in [0.15, 0.2) is 6.10 Å². The average molecular weight is 388 g/mol. The maximum atomic E-state index is 13.1. The molecule has 4 fully saturated rings. The number of hydrogen-bond donors (Lipinski definition) is 2. The third-order valence-electron chi connectivity index (χ3n) is 9.25. The summed E-state index contributed by atoms with van der Waals surface area (Å²) in [6, 6.07) is 0. The van der Waals surface area contributed by atoms with Gasteiger partial charge in [-0.3, -0.25) is 4.79 Å². The van der Waals surface area contributed by atoms with Gasteiger partial charge in [-0.1, -0.05) is 13.8 Å². The van der Waals surface area contributed by atoms with Crippen LogP contribution in [0.1, 0.15) is 65.2 Å². The number of aliphatic hydroxyl groups is 2. The van der Waals surface area contributed by atoms with Gasteiger partial charge in [0.1, 0.15) is 5.78 Å². The monoisotopic (exact) mass is 388 g/mol. The molecule has 27 heavy (non-hydrogen) atoms.